The van der Waals surface area contributed by atoms with Crippen molar-refractivity contribution in [3.8, 4) is 17.2 Å². The van der Waals surface area contributed by atoms with Crippen LogP contribution in [0.25, 0.3) is 0 Å². The van der Waals surface area contributed by atoms with Crippen LogP contribution in [0.15, 0.2) is 58.7 Å². The first-order chi connectivity index (χ1) is 18.8. The van der Waals surface area contributed by atoms with Crippen LogP contribution in [0.2, 0.25) is 5.54 Å². The molecule has 40 heavy (non-hydrogen) atoms. The summed E-state index contributed by atoms with van der Waals surface area (Å²) in [7, 11) is 2.45. The van der Waals surface area contributed by atoms with E-state index in [0.717, 1.165) is 33.9 Å². The van der Waals surface area contributed by atoms with Gasteiger partial charge in [0.15, 0.2) is 8.07 Å². The van der Waals surface area contributed by atoms with E-state index in [1.807, 2.05) is 0 Å². The van der Waals surface area contributed by atoms with E-state index >= 15 is 0 Å². The maximum atomic E-state index is 6.00. The lowest BCUT2D eigenvalue weighted by atomic mass is 10.1. The molecule has 0 fully saturated rings. The molecule has 0 saturated carbocycles. The number of hydrogen-bond acceptors (Lipinski definition) is 3. The van der Waals surface area contributed by atoms with Gasteiger partial charge in [0.1, 0.15) is 17.2 Å². The monoisotopic (exact) mass is 554 g/mol. The second kappa shape index (κ2) is 11.0. The third-order valence-corrected chi connectivity index (χ3v) is 15.4. The van der Waals surface area contributed by atoms with Crippen molar-refractivity contribution in [1.82, 2.24) is 0 Å². The highest BCUT2D eigenvalue weighted by Gasteiger charge is 2.53. The average Bonchev–Trinajstić information content (AvgIpc) is 3.09. The van der Waals surface area contributed by atoms with Gasteiger partial charge in [0, 0.05) is 5.54 Å². The third kappa shape index (κ3) is 4.41. The molecule has 0 heterocycles. The van der Waals surface area contributed by atoms with Gasteiger partial charge in [-0.1, -0.05) is 46.0 Å². The highest BCUT2D eigenvalue weighted by Crippen LogP contribution is 2.48. The topological polar surface area (TPSA) is 27.7 Å². The summed E-state index contributed by atoms with van der Waals surface area (Å²) >= 11 is 0. The molecule has 0 unspecified atom stereocenters. The molecule has 3 aromatic rings. The first-order valence-electron chi connectivity index (χ1n) is 14.2. The van der Waals surface area contributed by atoms with Crippen LogP contribution in [0.3, 0.4) is 0 Å². The molecule has 0 N–H and O–H groups in total. The average molecular weight is 555 g/mol. The van der Waals surface area contributed by atoms with Crippen LogP contribution in [0.5, 0.6) is 17.2 Å². The van der Waals surface area contributed by atoms with Crippen molar-refractivity contribution in [1.29, 1.82) is 0 Å². The minimum Gasteiger partial charge on any atom is -0.496 e. The summed E-state index contributed by atoms with van der Waals surface area (Å²) in [4.78, 5) is 0. The van der Waals surface area contributed by atoms with E-state index < -0.39 is 8.07 Å². The quantitative estimate of drug-likeness (QED) is 0.231. The van der Waals surface area contributed by atoms with Crippen LogP contribution in [-0.4, -0.2) is 29.4 Å². The van der Waals surface area contributed by atoms with Crippen molar-refractivity contribution in [2.24, 2.45) is 0 Å². The molecular formula is C36H46O3Si. The Morgan fingerprint density at radius 3 is 0.950 bits per heavy atom. The molecular weight excluding hydrogens is 508 g/mol. The lowest BCUT2D eigenvalue weighted by molar-refractivity contribution is 0.412. The Morgan fingerprint density at radius 1 is 0.425 bits per heavy atom. The number of rotatable bonds is 7. The molecule has 4 rings (SSSR count). The molecule has 0 spiro atoms. The zero-order valence-corrected chi connectivity index (χ0v) is 27.8. The van der Waals surface area contributed by atoms with Gasteiger partial charge in [0.25, 0.3) is 0 Å². The fraction of sp³-hybridized carbons (Fsp3) is 0.389. The molecule has 0 radical (unpaired) electrons. The van der Waals surface area contributed by atoms with Gasteiger partial charge in [-0.3, -0.25) is 0 Å². The first kappa shape index (κ1) is 29.7. The largest absolute Gasteiger partial charge is 0.496 e. The van der Waals surface area contributed by atoms with E-state index in [1.54, 1.807) is 21.3 Å². The molecule has 0 aliphatic heterocycles. The lowest BCUT2D eigenvalue weighted by Crippen LogP contribution is -2.72. The Morgan fingerprint density at radius 2 is 0.700 bits per heavy atom. The Kier molecular flexibility index (Phi) is 8.15. The number of benzene rings is 3. The van der Waals surface area contributed by atoms with Crippen LogP contribution in [0.1, 0.15) is 61.1 Å². The molecule has 1 aliphatic carbocycles. The second-order valence-corrected chi connectivity index (χ2v) is 15.6. The van der Waals surface area contributed by atoms with E-state index in [4.69, 9.17) is 14.2 Å². The van der Waals surface area contributed by atoms with Gasteiger partial charge in [-0.2, -0.15) is 0 Å². The van der Waals surface area contributed by atoms with Crippen molar-refractivity contribution in [3.05, 3.63) is 92.1 Å². The predicted molar refractivity (Wildman–Crippen MR) is 173 cm³/mol. The number of aryl methyl sites for hydroxylation is 6. The van der Waals surface area contributed by atoms with Crippen LogP contribution in [-0.2, 0) is 0 Å². The molecule has 0 saturated heterocycles. The van der Waals surface area contributed by atoms with Crippen LogP contribution < -0.4 is 29.8 Å². The van der Waals surface area contributed by atoms with Crippen LogP contribution in [0.4, 0.5) is 0 Å². The molecule has 0 bridgehead atoms. The summed E-state index contributed by atoms with van der Waals surface area (Å²) in [5, 5.41) is 4.14. The summed E-state index contributed by atoms with van der Waals surface area (Å²) < 4.78 is 18.0. The van der Waals surface area contributed by atoms with E-state index in [0.29, 0.717) is 0 Å². The summed E-state index contributed by atoms with van der Waals surface area (Å²) in [5.74, 6) is 2.79. The zero-order valence-electron chi connectivity index (χ0n) is 26.8. The number of ether oxygens (including phenoxy) is 3. The minimum atomic E-state index is -2.90. The van der Waals surface area contributed by atoms with Crippen molar-refractivity contribution in [3.63, 3.8) is 0 Å². The summed E-state index contributed by atoms with van der Waals surface area (Å²) in [6.07, 6.45) is 0. The normalized spacial score (nSPS) is 14.3. The van der Waals surface area contributed by atoms with Gasteiger partial charge in [-0.25, -0.2) is 0 Å². The van der Waals surface area contributed by atoms with Gasteiger partial charge in [-0.15, -0.1) is 0 Å². The molecule has 0 atom stereocenters. The van der Waals surface area contributed by atoms with Gasteiger partial charge >= 0.3 is 0 Å². The fourth-order valence-corrected chi connectivity index (χ4v) is 14.0. The second-order valence-electron chi connectivity index (χ2n) is 11.8. The van der Waals surface area contributed by atoms with Crippen molar-refractivity contribution in [2.45, 2.75) is 74.8 Å². The Labute approximate surface area is 242 Å². The van der Waals surface area contributed by atoms with Crippen molar-refractivity contribution in [2.75, 3.05) is 21.3 Å². The van der Waals surface area contributed by atoms with Crippen molar-refractivity contribution < 1.29 is 14.2 Å². The maximum absolute atomic E-state index is 6.00. The van der Waals surface area contributed by atoms with Gasteiger partial charge in [0.2, 0.25) is 0 Å². The number of hydrogen-bond donors (Lipinski definition) is 0. The zero-order chi connectivity index (χ0) is 29.7. The van der Waals surface area contributed by atoms with Gasteiger partial charge in [0.05, 0.1) is 21.3 Å². The molecule has 1 aliphatic rings. The van der Waals surface area contributed by atoms with Gasteiger partial charge < -0.3 is 14.2 Å². The molecule has 0 aromatic heterocycles. The highest BCUT2D eigenvalue weighted by atomic mass is 28.3. The molecule has 3 nitrogen and oxygen atoms in total. The van der Waals surface area contributed by atoms with Gasteiger partial charge in [-0.05, 0) is 131 Å². The Bertz CT molecular complexity index is 1390. The van der Waals surface area contributed by atoms with E-state index in [-0.39, 0.29) is 5.54 Å². The minimum absolute atomic E-state index is 0.232. The fourth-order valence-electron chi connectivity index (χ4n) is 7.33. The molecule has 212 valence electrons. The maximum Gasteiger partial charge on any atom is 0.160 e. The lowest BCUT2D eigenvalue weighted by Gasteiger charge is -2.44. The number of methoxy groups -OCH3 is 3. The SMILES string of the molecule is COc1cc([Si](c2cc(OC)c(C)cc2C)(c2cc(OC)c(C)cc2C)C2C(C)=C(C)C(C)=C2C)c(C)cc1C. The molecule has 0 amide bonds. The third-order valence-electron chi connectivity index (χ3n) is 9.54. The Hall–Kier alpha value is -3.24. The summed E-state index contributed by atoms with van der Waals surface area (Å²) in [6, 6.07) is 14.0. The summed E-state index contributed by atoms with van der Waals surface area (Å²) in [5.41, 5.74) is 13.3. The Balaban J connectivity index is 2.38. The van der Waals surface area contributed by atoms with Crippen molar-refractivity contribution >= 4 is 23.6 Å². The smallest absolute Gasteiger partial charge is 0.160 e. The number of allylic oxidation sites excluding steroid dienone is 4. The predicted octanol–water partition coefficient (Wildman–Crippen LogP) is 7.09. The van der Waals surface area contributed by atoms with E-state index in [2.05, 4.69) is 106 Å². The first-order valence-corrected chi connectivity index (χ1v) is 16.2. The van der Waals surface area contributed by atoms with E-state index in [1.165, 1.54) is 54.5 Å². The van der Waals surface area contributed by atoms with E-state index in [9.17, 15) is 0 Å². The standard InChI is InChI=1S/C36H46O3Si/c1-20-14-23(4)33(17-30(20)37-11)40(36-28(9)26(7)27(8)29(36)10,34-18-31(38-12)21(2)15-24(34)5)35-19-32(39-13)22(3)16-25(35)6/h14-19,36H,1-13H3. The summed E-state index contributed by atoms with van der Waals surface area (Å²) in [6.45, 7) is 22.5. The molecule has 3 aromatic carbocycles. The highest BCUT2D eigenvalue weighted by molar-refractivity contribution is 7.13. The van der Waals surface area contributed by atoms with Crippen LogP contribution >= 0.6 is 0 Å². The van der Waals surface area contributed by atoms with Crippen LogP contribution in [0, 0.1) is 41.5 Å². The molecule has 4 heteroatoms.